The minimum Gasteiger partial charge on any atom is -0.478 e. The van der Waals surface area contributed by atoms with Crippen LogP contribution >= 0.6 is 11.6 Å². The Labute approximate surface area is 142 Å². The Balaban J connectivity index is 2.45. The molecule has 1 N–H and O–H groups in total. The van der Waals surface area contributed by atoms with E-state index in [1.807, 2.05) is 0 Å². The van der Waals surface area contributed by atoms with Crippen molar-refractivity contribution in [1.82, 2.24) is 9.62 Å². The fourth-order valence-electron chi connectivity index (χ4n) is 1.73. The Morgan fingerprint density at radius 1 is 1.30 bits per heavy atom. The van der Waals surface area contributed by atoms with Gasteiger partial charge in [-0.25, -0.2) is 12.7 Å². The zero-order valence-electron chi connectivity index (χ0n) is 13.8. The summed E-state index contributed by atoms with van der Waals surface area (Å²) in [4.78, 5) is 12.2. The number of sulfonamides is 1. The fourth-order valence-corrected chi connectivity index (χ4v) is 2.31. The number of amides is 1. The standard InChI is InChI=1S/C15H23ClN2O4S/c1-15(2,22-13-8-6-12(16)7-9-13)14(19)17-10-5-11-18(3)23(4,20)21/h6-9H,5,10-11H2,1-4H3,(H,17,19). The zero-order chi connectivity index (χ0) is 17.7. The second-order valence-electron chi connectivity index (χ2n) is 5.76. The molecule has 0 saturated heterocycles. The monoisotopic (exact) mass is 362 g/mol. The summed E-state index contributed by atoms with van der Waals surface area (Å²) < 4.78 is 29.4. The fraction of sp³-hybridized carbons (Fsp3) is 0.533. The largest absolute Gasteiger partial charge is 0.478 e. The summed E-state index contributed by atoms with van der Waals surface area (Å²) >= 11 is 5.81. The van der Waals surface area contributed by atoms with E-state index in [9.17, 15) is 13.2 Å². The molecule has 0 spiro atoms. The molecule has 6 nitrogen and oxygen atoms in total. The third-order valence-corrected chi connectivity index (χ3v) is 4.80. The van der Waals surface area contributed by atoms with Crippen LogP contribution < -0.4 is 10.1 Å². The molecule has 1 rings (SSSR count). The molecule has 1 aromatic rings. The van der Waals surface area contributed by atoms with Crippen molar-refractivity contribution in [2.24, 2.45) is 0 Å². The molecule has 130 valence electrons. The second kappa shape index (κ2) is 7.99. The molecule has 23 heavy (non-hydrogen) atoms. The number of halogens is 1. The summed E-state index contributed by atoms with van der Waals surface area (Å²) in [6, 6.07) is 6.76. The van der Waals surface area contributed by atoms with Gasteiger partial charge in [0.05, 0.1) is 6.26 Å². The number of hydrogen-bond donors (Lipinski definition) is 1. The summed E-state index contributed by atoms with van der Waals surface area (Å²) in [6.45, 7) is 4.04. The molecule has 1 amide bonds. The number of carbonyl (C=O) groups excluding carboxylic acids is 1. The number of nitrogens with one attached hydrogen (secondary N) is 1. The molecule has 0 heterocycles. The van der Waals surface area contributed by atoms with E-state index in [2.05, 4.69) is 5.32 Å². The summed E-state index contributed by atoms with van der Waals surface area (Å²) in [7, 11) is -1.69. The number of ether oxygens (including phenoxy) is 1. The lowest BCUT2D eigenvalue weighted by molar-refractivity contribution is -0.134. The third-order valence-electron chi connectivity index (χ3n) is 3.23. The molecule has 0 aliphatic heterocycles. The molecule has 0 bridgehead atoms. The highest BCUT2D eigenvalue weighted by atomic mass is 35.5. The van der Waals surface area contributed by atoms with E-state index in [4.69, 9.17) is 16.3 Å². The number of rotatable bonds is 8. The van der Waals surface area contributed by atoms with Crippen LogP contribution in [-0.2, 0) is 14.8 Å². The average molecular weight is 363 g/mol. The topological polar surface area (TPSA) is 75.7 Å². The van der Waals surface area contributed by atoms with Crippen LogP contribution in [0, 0.1) is 0 Å². The van der Waals surface area contributed by atoms with Crippen molar-refractivity contribution in [2.45, 2.75) is 25.9 Å². The molecule has 0 aliphatic rings. The number of hydrogen-bond acceptors (Lipinski definition) is 4. The van der Waals surface area contributed by atoms with Crippen molar-refractivity contribution in [3.05, 3.63) is 29.3 Å². The quantitative estimate of drug-likeness (QED) is 0.716. The van der Waals surface area contributed by atoms with E-state index >= 15 is 0 Å². The number of carbonyl (C=O) groups is 1. The minimum absolute atomic E-state index is 0.269. The van der Waals surface area contributed by atoms with E-state index in [1.54, 1.807) is 38.1 Å². The molecule has 0 unspecified atom stereocenters. The van der Waals surface area contributed by atoms with Crippen molar-refractivity contribution in [3.8, 4) is 5.75 Å². The van der Waals surface area contributed by atoms with Gasteiger partial charge in [0.2, 0.25) is 10.0 Å². The van der Waals surface area contributed by atoms with Crippen molar-refractivity contribution < 1.29 is 17.9 Å². The Morgan fingerprint density at radius 2 is 1.87 bits per heavy atom. The molecular formula is C15H23ClN2O4S. The molecule has 0 aromatic heterocycles. The Hall–Kier alpha value is -1.31. The van der Waals surface area contributed by atoms with Crippen LogP contribution in [0.2, 0.25) is 5.02 Å². The first-order valence-corrected chi connectivity index (χ1v) is 9.39. The van der Waals surface area contributed by atoms with Crippen LogP contribution in [0.15, 0.2) is 24.3 Å². The first kappa shape index (κ1) is 19.7. The van der Waals surface area contributed by atoms with Crippen molar-refractivity contribution in [1.29, 1.82) is 0 Å². The van der Waals surface area contributed by atoms with Crippen LogP contribution in [-0.4, -0.2) is 50.6 Å². The highest BCUT2D eigenvalue weighted by Crippen LogP contribution is 2.20. The van der Waals surface area contributed by atoms with Gasteiger partial charge in [0.25, 0.3) is 5.91 Å². The van der Waals surface area contributed by atoms with Gasteiger partial charge in [0.15, 0.2) is 5.60 Å². The lowest BCUT2D eigenvalue weighted by Crippen LogP contribution is -2.47. The lowest BCUT2D eigenvalue weighted by atomic mass is 10.1. The lowest BCUT2D eigenvalue weighted by Gasteiger charge is -2.25. The van der Waals surface area contributed by atoms with Gasteiger partial charge in [-0.2, -0.15) is 0 Å². The van der Waals surface area contributed by atoms with Gasteiger partial charge in [0, 0.05) is 25.2 Å². The van der Waals surface area contributed by atoms with Crippen molar-refractivity contribution in [3.63, 3.8) is 0 Å². The Bertz CT molecular complexity index is 629. The van der Waals surface area contributed by atoms with Crippen molar-refractivity contribution >= 4 is 27.5 Å². The van der Waals surface area contributed by atoms with E-state index < -0.39 is 15.6 Å². The molecule has 8 heteroatoms. The first-order chi connectivity index (χ1) is 10.5. The molecule has 0 saturated carbocycles. The maximum atomic E-state index is 12.2. The Morgan fingerprint density at radius 3 is 2.39 bits per heavy atom. The van der Waals surface area contributed by atoms with Gasteiger partial charge in [-0.15, -0.1) is 0 Å². The third kappa shape index (κ3) is 6.76. The molecule has 0 aliphatic carbocycles. The van der Waals surface area contributed by atoms with E-state index in [0.29, 0.717) is 30.3 Å². The molecular weight excluding hydrogens is 340 g/mol. The predicted octanol–water partition coefficient (Wildman–Crippen LogP) is 1.90. The minimum atomic E-state index is -3.19. The second-order valence-corrected chi connectivity index (χ2v) is 8.29. The first-order valence-electron chi connectivity index (χ1n) is 7.16. The molecule has 1 aromatic carbocycles. The van der Waals surface area contributed by atoms with Gasteiger partial charge in [-0.05, 0) is 44.5 Å². The smallest absolute Gasteiger partial charge is 0.263 e. The van der Waals surface area contributed by atoms with E-state index in [-0.39, 0.29) is 5.91 Å². The van der Waals surface area contributed by atoms with Gasteiger partial charge < -0.3 is 10.1 Å². The normalized spacial score (nSPS) is 12.3. The van der Waals surface area contributed by atoms with E-state index in [1.165, 1.54) is 11.4 Å². The van der Waals surface area contributed by atoms with Crippen molar-refractivity contribution in [2.75, 3.05) is 26.4 Å². The predicted molar refractivity (Wildman–Crippen MR) is 91.3 cm³/mol. The summed E-state index contributed by atoms with van der Waals surface area (Å²) in [5.74, 6) is 0.279. The van der Waals surface area contributed by atoms with E-state index in [0.717, 1.165) is 6.26 Å². The molecule has 0 radical (unpaired) electrons. The summed E-state index contributed by atoms with van der Waals surface area (Å²) in [5, 5.41) is 3.34. The molecule has 0 atom stereocenters. The zero-order valence-corrected chi connectivity index (χ0v) is 15.4. The van der Waals surface area contributed by atoms with Gasteiger partial charge in [-0.1, -0.05) is 11.6 Å². The highest BCUT2D eigenvalue weighted by Gasteiger charge is 2.29. The number of benzene rings is 1. The number of nitrogens with zero attached hydrogens (tertiary/aromatic N) is 1. The van der Waals surface area contributed by atoms with Crippen LogP contribution in [0.5, 0.6) is 5.75 Å². The molecule has 0 fully saturated rings. The highest BCUT2D eigenvalue weighted by molar-refractivity contribution is 7.88. The van der Waals surface area contributed by atoms with Gasteiger partial charge in [0.1, 0.15) is 5.75 Å². The maximum Gasteiger partial charge on any atom is 0.263 e. The van der Waals surface area contributed by atoms with Crippen LogP contribution in [0.1, 0.15) is 20.3 Å². The van der Waals surface area contributed by atoms with Crippen LogP contribution in [0.25, 0.3) is 0 Å². The Kier molecular flexibility index (Phi) is 6.85. The SMILES string of the molecule is CN(CCCNC(=O)C(C)(C)Oc1ccc(Cl)cc1)S(C)(=O)=O. The van der Waals surface area contributed by atoms with Crippen LogP contribution in [0.3, 0.4) is 0 Å². The van der Waals surface area contributed by atoms with Gasteiger partial charge >= 0.3 is 0 Å². The average Bonchev–Trinajstić information content (AvgIpc) is 2.44. The van der Waals surface area contributed by atoms with Gasteiger partial charge in [-0.3, -0.25) is 4.79 Å². The summed E-state index contributed by atoms with van der Waals surface area (Å²) in [5.41, 5.74) is -1.05. The summed E-state index contributed by atoms with van der Waals surface area (Å²) in [6.07, 6.45) is 1.67. The maximum absolute atomic E-state index is 12.2. The van der Waals surface area contributed by atoms with Crippen LogP contribution in [0.4, 0.5) is 0 Å².